The summed E-state index contributed by atoms with van der Waals surface area (Å²) in [4.78, 5) is 1.95. The van der Waals surface area contributed by atoms with Crippen molar-refractivity contribution in [2.45, 2.75) is 23.1 Å². The minimum Gasteiger partial charge on any atom is -0.129 e. The molecular formula is C10H13BrS. The molecule has 0 aromatic heterocycles. The highest BCUT2D eigenvalue weighted by Gasteiger charge is 2.02. The lowest BCUT2D eigenvalue weighted by Crippen LogP contribution is -1.97. The zero-order valence-electron chi connectivity index (χ0n) is 7.38. The Balaban J connectivity index is 2.82. The summed E-state index contributed by atoms with van der Waals surface area (Å²) in [6.45, 7) is 2.18. The molecule has 0 radical (unpaired) electrons. The van der Waals surface area contributed by atoms with Crippen LogP contribution in [0.1, 0.15) is 12.5 Å². The van der Waals surface area contributed by atoms with E-state index in [0.29, 0.717) is 4.83 Å². The van der Waals surface area contributed by atoms with Gasteiger partial charge < -0.3 is 0 Å². The quantitative estimate of drug-likeness (QED) is 0.577. The van der Waals surface area contributed by atoms with Crippen molar-refractivity contribution in [2.75, 3.05) is 6.26 Å². The van der Waals surface area contributed by atoms with Gasteiger partial charge in [-0.15, -0.1) is 11.8 Å². The molecule has 0 nitrogen and oxygen atoms in total. The van der Waals surface area contributed by atoms with Gasteiger partial charge in [0.25, 0.3) is 0 Å². The summed E-state index contributed by atoms with van der Waals surface area (Å²) in [5, 5.41) is 0. The predicted octanol–water partition coefficient (Wildman–Crippen LogP) is 3.73. The highest BCUT2D eigenvalue weighted by molar-refractivity contribution is 9.09. The molecule has 0 saturated heterocycles. The van der Waals surface area contributed by atoms with Crippen molar-refractivity contribution < 1.29 is 0 Å². The van der Waals surface area contributed by atoms with Crippen LogP contribution in [0.3, 0.4) is 0 Å². The first-order chi connectivity index (χ1) is 5.74. The summed E-state index contributed by atoms with van der Waals surface area (Å²) in [6, 6.07) is 8.57. The molecule has 1 aromatic rings. The third kappa shape index (κ3) is 2.83. The lowest BCUT2D eigenvalue weighted by Gasteiger charge is -2.07. The SMILES string of the molecule is CSc1ccccc1CC(C)Br. The maximum absolute atomic E-state index is 3.57. The van der Waals surface area contributed by atoms with E-state index in [1.54, 1.807) is 0 Å². The van der Waals surface area contributed by atoms with Crippen LogP contribution >= 0.6 is 27.7 Å². The van der Waals surface area contributed by atoms with E-state index < -0.39 is 0 Å². The van der Waals surface area contributed by atoms with E-state index in [9.17, 15) is 0 Å². The van der Waals surface area contributed by atoms with Gasteiger partial charge in [0.05, 0.1) is 0 Å². The van der Waals surface area contributed by atoms with Crippen LogP contribution in [0.2, 0.25) is 0 Å². The van der Waals surface area contributed by atoms with Gasteiger partial charge in [-0.05, 0) is 24.3 Å². The van der Waals surface area contributed by atoms with Gasteiger partial charge in [0.1, 0.15) is 0 Å². The highest BCUT2D eigenvalue weighted by Crippen LogP contribution is 2.22. The summed E-state index contributed by atoms with van der Waals surface area (Å²) in [5.41, 5.74) is 1.44. The van der Waals surface area contributed by atoms with Crippen molar-refractivity contribution in [3.05, 3.63) is 29.8 Å². The van der Waals surface area contributed by atoms with E-state index in [2.05, 4.69) is 53.4 Å². The fraction of sp³-hybridized carbons (Fsp3) is 0.400. The average Bonchev–Trinajstić information content (AvgIpc) is 2.04. The first-order valence-corrected chi connectivity index (χ1v) is 6.14. The molecule has 1 unspecified atom stereocenters. The average molecular weight is 245 g/mol. The fourth-order valence-corrected chi connectivity index (χ4v) is 2.15. The van der Waals surface area contributed by atoms with Gasteiger partial charge in [-0.1, -0.05) is 41.1 Å². The summed E-state index contributed by atoms with van der Waals surface area (Å²) in [5.74, 6) is 0. The molecule has 0 amide bonds. The van der Waals surface area contributed by atoms with E-state index in [-0.39, 0.29) is 0 Å². The summed E-state index contributed by atoms with van der Waals surface area (Å²) in [6.07, 6.45) is 3.23. The van der Waals surface area contributed by atoms with E-state index in [1.807, 2.05) is 11.8 Å². The van der Waals surface area contributed by atoms with Gasteiger partial charge in [0.15, 0.2) is 0 Å². The molecule has 0 aliphatic carbocycles. The molecule has 0 fully saturated rings. The Hall–Kier alpha value is 0.0500. The van der Waals surface area contributed by atoms with E-state index >= 15 is 0 Å². The Morgan fingerprint density at radius 3 is 2.67 bits per heavy atom. The second-order valence-electron chi connectivity index (χ2n) is 2.80. The van der Waals surface area contributed by atoms with E-state index in [4.69, 9.17) is 0 Å². The summed E-state index contributed by atoms with van der Waals surface area (Å²) in [7, 11) is 0. The standard InChI is InChI=1S/C10H13BrS/c1-8(11)7-9-5-3-4-6-10(9)12-2/h3-6,8H,7H2,1-2H3. The Bertz CT molecular complexity index is 245. The van der Waals surface area contributed by atoms with Crippen LogP contribution in [-0.4, -0.2) is 11.1 Å². The second-order valence-corrected chi connectivity index (χ2v) is 5.21. The van der Waals surface area contributed by atoms with Crippen molar-refractivity contribution >= 4 is 27.7 Å². The summed E-state index contributed by atoms with van der Waals surface area (Å²) >= 11 is 5.38. The molecule has 2 heteroatoms. The van der Waals surface area contributed by atoms with Crippen molar-refractivity contribution in [1.29, 1.82) is 0 Å². The smallest absolute Gasteiger partial charge is 0.0158 e. The largest absolute Gasteiger partial charge is 0.129 e. The molecule has 12 heavy (non-hydrogen) atoms. The first kappa shape index (κ1) is 10.1. The number of hydrogen-bond acceptors (Lipinski definition) is 1. The number of benzene rings is 1. The molecule has 0 heterocycles. The van der Waals surface area contributed by atoms with Gasteiger partial charge in [-0.3, -0.25) is 0 Å². The Kier molecular flexibility index (Phi) is 4.16. The number of rotatable bonds is 3. The van der Waals surface area contributed by atoms with Crippen molar-refractivity contribution in [2.24, 2.45) is 0 Å². The number of hydrogen-bond donors (Lipinski definition) is 0. The molecule has 1 rings (SSSR count). The molecule has 1 aromatic carbocycles. The molecule has 0 saturated carbocycles. The summed E-state index contributed by atoms with van der Waals surface area (Å²) < 4.78 is 0. The minimum absolute atomic E-state index is 0.561. The predicted molar refractivity (Wildman–Crippen MR) is 60.3 cm³/mol. The molecule has 0 aliphatic heterocycles. The Morgan fingerprint density at radius 1 is 1.42 bits per heavy atom. The van der Waals surface area contributed by atoms with Gasteiger partial charge in [0.2, 0.25) is 0 Å². The number of alkyl halides is 1. The monoisotopic (exact) mass is 244 g/mol. The molecule has 66 valence electrons. The lowest BCUT2D eigenvalue weighted by atomic mass is 10.1. The third-order valence-electron chi connectivity index (χ3n) is 1.69. The van der Waals surface area contributed by atoms with Crippen molar-refractivity contribution in [3.63, 3.8) is 0 Å². The zero-order chi connectivity index (χ0) is 8.97. The van der Waals surface area contributed by atoms with Crippen molar-refractivity contribution in [3.8, 4) is 0 Å². The van der Waals surface area contributed by atoms with Crippen LogP contribution in [-0.2, 0) is 6.42 Å². The van der Waals surface area contributed by atoms with Crippen LogP contribution < -0.4 is 0 Å². The van der Waals surface area contributed by atoms with E-state index in [1.165, 1.54) is 10.5 Å². The molecule has 0 N–H and O–H groups in total. The van der Waals surface area contributed by atoms with Crippen LogP contribution in [0.4, 0.5) is 0 Å². The van der Waals surface area contributed by atoms with Gasteiger partial charge in [-0.25, -0.2) is 0 Å². The Morgan fingerprint density at radius 2 is 2.08 bits per heavy atom. The number of thioether (sulfide) groups is 1. The Labute approximate surface area is 86.9 Å². The first-order valence-electron chi connectivity index (χ1n) is 4.00. The molecule has 1 atom stereocenters. The van der Waals surface area contributed by atoms with E-state index in [0.717, 1.165) is 6.42 Å². The van der Waals surface area contributed by atoms with Gasteiger partial charge in [0, 0.05) is 9.72 Å². The van der Waals surface area contributed by atoms with Crippen LogP contribution in [0.15, 0.2) is 29.2 Å². The molecule has 0 aliphatic rings. The topological polar surface area (TPSA) is 0 Å². The van der Waals surface area contributed by atoms with Crippen LogP contribution in [0.25, 0.3) is 0 Å². The normalized spacial score (nSPS) is 12.9. The van der Waals surface area contributed by atoms with Crippen LogP contribution in [0, 0.1) is 0 Å². The van der Waals surface area contributed by atoms with Gasteiger partial charge in [-0.2, -0.15) is 0 Å². The number of halogens is 1. The third-order valence-corrected chi connectivity index (χ3v) is 2.86. The lowest BCUT2D eigenvalue weighted by molar-refractivity contribution is 0.935. The molecular weight excluding hydrogens is 232 g/mol. The van der Waals surface area contributed by atoms with Crippen molar-refractivity contribution in [1.82, 2.24) is 0 Å². The van der Waals surface area contributed by atoms with Gasteiger partial charge >= 0.3 is 0 Å². The highest BCUT2D eigenvalue weighted by atomic mass is 79.9. The second kappa shape index (κ2) is 4.93. The maximum Gasteiger partial charge on any atom is 0.0158 e. The zero-order valence-corrected chi connectivity index (χ0v) is 9.78. The van der Waals surface area contributed by atoms with Crippen LogP contribution in [0.5, 0.6) is 0 Å². The minimum atomic E-state index is 0.561. The maximum atomic E-state index is 3.57. The molecule has 0 spiro atoms. The molecule has 0 bridgehead atoms. The fourth-order valence-electron chi connectivity index (χ4n) is 1.17.